The first-order valence-corrected chi connectivity index (χ1v) is 3.71. The smallest absolute Gasteiger partial charge is 0.220 e. The SMILES string of the molecule is C#CCCNC(=O)CCCN. The van der Waals surface area contributed by atoms with Gasteiger partial charge in [0.2, 0.25) is 5.91 Å². The second kappa shape index (κ2) is 7.10. The normalized spacial score (nSPS) is 8.73. The summed E-state index contributed by atoms with van der Waals surface area (Å²) in [6, 6.07) is 0. The van der Waals surface area contributed by atoms with Gasteiger partial charge in [-0.3, -0.25) is 4.79 Å². The van der Waals surface area contributed by atoms with E-state index in [1.807, 2.05) is 0 Å². The van der Waals surface area contributed by atoms with Crippen LogP contribution < -0.4 is 11.1 Å². The number of hydrogen-bond acceptors (Lipinski definition) is 2. The molecule has 0 rings (SSSR count). The molecule has 0 saturated carbocycles. The van der Waals surface area contributed by atoms with E-state index in [4.69, 9.17) is 12.2 Å². The Labute approximate surface area is 67.3 Å². The van der Waals surface area contributed by atoms with Crippen LogP contribution in [0.3, 0.4) is 0 Å². The molecule has 0 aliphatic carbocycles. The van der Waals surface area contributed by atoms with Crippen molar-refractivity contribution < 1.29 is 4.79 Å². The van der Waals surface area contributed by atoms with Crippen LogP contribution in [0.4, 0.5) is 0 Å². The third-order valence-electron chi connectivity index (χ3n) is 1.20. The first-order chi connectivity index (χ1) is 5.31. The fourth-order valence-corrected chi connectivity index (χ4v) is 0.625. The molecule has 0 aromatic carbocycles. The van der Waals surface area contributed by atoms with Crippen LogP contribution in [0.5, 0.6) is 0 Å². The molecule has 0 fully saturated rings. The maximum absolute atomic E-state index is 10.8. The van der Waals surface area contributed by atoms with E-state index < -0.39 is 0 Å². The van der Waals surface area contributed by atoms with Gasteiger partial charge in [0, 0.05) is 19.4 Å². The number of nitrogens with two attached hydrogens (primary N) is 1. The van der Waals surface area contributed by atoms with Crippen LogP contribution in [0.2, 0.25) is 0 Å². The van der Waals surface area contributed by atoms with Gasteiger partial charge in [0.15, 0.2) is 0 Å². The maximum Gasteiger partial charge on any atom is 0.220 e. The summed E-state index contributed by atoms with van der Waals surface area (Å²) in [7, 11) is 0. The van der Waals surface area contributed by atoms with Gasteiger partial charge < -0.3 is 11.1 Å². The highest BCUT2D eigenvalue weighted by Gasteiger charge is 1.96. The fraction of sp³-hybridized carbons (Fsp3) is 0.625. The Morgan fingerprint density at radius 2 is 2.36 bits per heavy atom. The summed E-state index contributed by atoms with van der Waals surface area (Å²) in [5.74, 6) is 2.47. The predicted molar refractivity (Wildman–Crippen MR) is 44.7 cm³/mol. The molecule has 0 bridgehead atoms. The van der Waals surface area contributed by atoms with Crippen LogP contribution >= 0.6 is 0 Å². The van der Waals surface area contributed by atoms with Crippen molar-refractivity contribution in [1.82, 2.24) is 5.32 Å². The van der Waals surface area contributed by atoms with Gasteiger partial charge in [-0.15, -0.1) is 12.3 Å². The molecular formula is C8H14N2O. The van der Waals surface area contributed by atoms with Gasteiger partial charge >= 0.3 is 0 Å². The zero-order valence-electron chi connectivity index (χ0n) is 6.60. The Hall–Kier alpha value is -1.01. The highest BCUT2D eigenvalue weighted by Crippen LogP contribution is 1.84. The van der Waals surface area contributed by atoms with Gasteiger partial charge in [0.25, 0.3) is 0 Å². The number of nitrogens with one attached hydrogen (secondary N) is 1. The first-order valence-electron chi connectivity index (χ1n) is 3.71. The number of terminal acetylenes is 1. The lowest BCUT2D eigenvalue weighted by atomic mass is 10.3. The van der Waals surface area contributed by atoms with Gasteiger partial charge in [-0.05, 0) is 13.0 Å². The zero-order chi connectivity index (χ0) is 8.53. The van der Waals surface area contributed by atoms with Crippen LogP contribution in [0.15, 0.2) is 0 Å². The summed E-state index contributed by atoms with van der Waals surface area (Å²) < 4.78 is 0. The molecule has 3 nitrogen and oxygen atoms in total. The summed E-state index contributed by atoms with van der Waals surface area (Å²) in [6.07, 6.45) is 6.82. The maximum atomic E-state index is 10.8. The van der Waals surface area contributed by atoms with Crippen molar-refractivity contribution in [3.05, 3.63) is 0 Å². The fourth-order valence-electron chi connectivity index (χ4n) is 0.625. The van der Waals surface area contributed by atoms with Crippen molar-refractivity contribution in [2.45, 2.75) is 19.3 Å². The Morgan fingerprint density at radius 3 is 2.91 bits per heavy atom. The molecule has 3 heteroatoms. The molecule has 3 N–H and O–H groups in total. The third-order valence-corrected chi connectivity index (χ3v) is 1.20. The van der Waals surface area contributed by atoms with Gasteiger partial charge in [-0.2, -0.15) is 0 Å². The number of hydrogen-bond donors (Lipinski definition) is 2. The van der Waals surface area contributed by atoms with Gasteiger partial charge in [-0.1, -0.05) is 0 Å². The summed E-state index contributed by atoms with van der Waals surface area (Å²) in [4.78, 5) is 10.8. The predicted octanol–water partition coefficient (Wildman–Crippen LogP) is -0.135. The summed E-state index contributed by atoms with van der Waals surface area (Å²) in [6.45, 7) is 1.13. The van der Waals surface area contributed by atoms with Crippen LogP contribution in [0.25, 0.3) is 0 Å². The standard InChI is InChI=1S/C8H14N2O/c1-2-3-7-10-8(11)5-4-6-9/h1H,3-7,9H2,(H,10,11). The minimum absolute atomic E-state index is 0.0331. The quantitative estimate of drug-likeness (QED) is 0.428. The van der Waals surface area contributed by atoms with E-state index in [2.05, 4.69) is 11.2 Å². The Balaban J connectivity index is 3.17. The van der Waals surface area contributed by atoms with Gasteiger partial charge in [-0.25, -0.2) is 0 Å². The Kier molecular flexibility index (Phi) is 6.45. The average Bonchev–Trinajstić information content (AvgIpc) is 2.01. The summed E-state index contributed by atoms with van der Waals surface area (Å²) >= 11 is 0. The van der Waals surface area contributed by atoms with Crippen molar-refractivity contribution in [3.8, 4) is 12.3 Å². The average molecular weight is 154 g/mol. The van der Waals surface area contributed by atoms with Crippen LogP contribution in [0, 0.1) is 12.3 Å². The number of carbonyl (C=O) groups excluding carboxylic acids is 1. The Bertz CT molecular complexity index is 149. The first kappa shape index (κ1) is 9.99. The zero-order valence-corrected chi connectivity index (χ0v) is 6.60. The van der Waals surface area contributed by atoms with Crippen molar-refractivity contribution in [2.24, 2.45) is 5.73 Å². The second-order valence-electron chi connectivity index (χ2n) is 2.20. The topological polar surface area (TPSA) is 55.1 Å². The highest BCUT2D eigenvalue weighted by atomic mass is 16.1. The molecule has 0 saturated heterocycles. The lowest BCUT2D eigenvalue weighted by molar-refractivity contribution is -0.121. The third kappa shape index (κ3) is 6.88. The molecule has 0 heterocycles. The Morgan fingerprint density at radius 1 is 1.64 bits per heavy atom. The number of carbonyl (C=O) groups is 1. The molecule has 11 heavy (non-hydrogen) atoms. The minimum atomic E-state index is 0.0331. The van der Waals surface area contributed by atoms with E-state index in [0.717, 1.165) is 6.42 Å². The molecule has 0 atom stereocenters. The monoisotopic (exact) mass is 154 g/mol. The lowest BCUT2D eigenvalue weighted by Crippen LogP contribution is -2.24. The number of amides is 1. The molecule has 62 valence electrons. The second-order valence-corrected chi connectivity index (χ2v) is 2.20. The van der Waals surface area contributed by atoms with E-state index in [0.29, 0.717) is 25.9 Å². The largest absolute Gasteiger partial charge is 0.355 e. The molecular weight excluding hydrogens is 140 g/mol. The van der Waals surface area contributed by atoms with Crippen LogP contribution in [-0.2, 0) is 4.79 Å². The van der Waals surface area contributed by atoms with Crippen LogP contribution in [0.1, 0.15) is 19.3 Å². The van der Waals surface area contributed by atoms with E-state index >= 15 is 0 Å². The van der Waals surface area contributed by atoms with E-state index in [1.54, 1.807) is 0 Å². The molecule has 0 aromatic heterocycles. The van der Waals surface area contributed by atoms with E-state index in [1.165, 1.54) is 0 Å². The molecule has 0 unspecified atom stereocenters. The van der Waals surface area contributed by atoms with Crippen molar-refractivity contribution >= 4 is 5.91 Å². The van der Waals surface area contributed by atoms with E-state index in [-0.39, 0.29) is 5.91 Å². The summed E-state index contributed by atoms with van der Waals surface area (Å²) in [5, 5.41) is 2.68. The van der Waals surface area contributed by atoms with Crippen molar-refractivity contribution in [2.75, 3.05) is 13.1 Å². The van der Waals surface area contributed by atoms with E-state index in [9.17, 15) is 4.79 Å². The summed E-state index contributed by atoms with van der Waals surface area (Å²) in [5.41, 5.74) is 5.22. The highest BCUT2D eigenvalue weighted by molar-refractivity contribution is 5.75. The lowest BCUT2D eigenvalue weighted by Gasteiger charge is -2.00. The molecule has 0 aromatic rings. The van der Waals surface area contributed by atoms with Crippen molar-refractivity contribution in [1.29, 1.82) is 0 Å². The minimum Gasteiger partial charge on any atom is -0.355 e. The van der Waals surface area contributed by atoms with Gasteiger partial charge in [0.1, 0.15) is 0 Å². The number of rotatable bonds is 5. The van der Waals surface area contributed by atoms with Crippen molar-refractivity contribution in [3.63, 3.8) is 0 Å². The molecule has 0 aliphatic rings. The molecule has 0 spiro atoms. The van der Waals surface area contributed by atoms with Crippen LogP contribution in [-0.4, -0.2) is 19.0 Å². The molecule has 0 radical (unpaired) electrons. The molecule has 0 aliphatic heterocycles. The molecule has 1 amide bonds. The van der Waals surface area contributed by atoms with Gasteiger partial charge in [0.05, 0.1) is 0 Å².